The number of hydrogen-bond acceptors (Lipinski definition) is 9. The quantitative estimate of drug-likeness (QED) is 0.257. The molecular formula is C26H31N9O3. The van der Waals surface area contributed by atoms with Crippen LogP contribution in [0.3, 0.4) is 0 Å². The van der Waals surface area contributed by atoms with E-state index in [1.165, 1.54) is 0 Å². The van der Waals surface area contributed by atoms with Gasteiger partial charge in [0.05, 0.1) is 17.4 Å². The van der Waals surface area contributed by atoms with E-state index in [9.17, 15) is 9.59 Å². The number of nitrogens with zero attached hydrogens (tertiary/aromatic N) is 4. The summed E-state index contributed by atoms with van der Waals surface area (Å²) in [6.45, 7) is 9.29. The zero-order chi connectivity index (χ0) is 26.9. The Labute approximate surface area is 219 Å². The van der Waals surface area contributed by atoms with Crippen molar-refractivity contribution >= 4 is 46.1 Å². The summed E-state index contributed by atoms with van der Waals surface area (Å²) in [5.41, 5.74) is 3.18. The number of carbonyl (C=O) groups is 1. The number of aromatic nitrogens is 4. The molecule has 0 spiro atoms. The van der Waals surface area contributed by atoms with Gasteiger partial charge in [0.1, 0.15) is 11.6 Å². The maximum Gasteiger partial charge on any atom is 0.417 e. The van der Waals surface area contributed by atoms with Crippen molar-refractivity contribution in [3.8, 4) is 0 Å². The standard InChI is InChI=1S/C26H31N9O3/c1-15-12-28-23(33-22(15)29-16-5-7-20-19(11-16)32-25(37)38-20)30-17-6-8-21(27-13-17)35-10-9-18(14-35)31-24(36)34-26(2,3)4/h5-8,11-13,18H,9-10,14H2,1-4H3,(H,32,37)(H2,31,34,36)(H2,28,29,30,33). The number of pyridine rings is 1. The molecule has 198 valence electrons. The number of fused-ring (bicyclic) bond motifs is 1. The number of amides is 2. The molecule has 0 bridgehead atoms. The summed E-state index contributed by atoms with van der Waals surface area (Å²) in [7, 11) is 0. The van der Waals surface area contributed by atoms with Gasteiger partial charge in [-0.15, -0.1) is 0 Å². The smallest absolute Gasteiger partial charge is 0.408 e. The first-order chi connectivity index (χ1) is 18.1. The number of rotatable bonds is 6. The molecule has 12 heteroatoms. The highest BCUT2D eigenvalue weighted by molar-refractivity contribution is 5.78. The molecule has 1 saturated heterocycles. The van der Waals surface area contributed by atoms with Crippen LogP contribution in [0.25, 0.3) is 11.1 Å². The number of H-pyrrole nitrogens is 1. The van der Waals surface area contributed by atoms with Crippen LogP contribution < -0.4 is 31.9 Å². The fourth-order valence-electron chi connectivity index (χ4n) is 4.22. The number of aryl methyl sites for hydroxylation is 1. The van der Waals surface area contributed by atoms with E-state index in [0.29, 0.717) is 29.4 Å². The molecule has 1 atom stereocenters. The highest BCUT2D eigenvalue weighted by Gasteiger charge is 2.26. The zero-order valence-corrected chi connectivity index (χ0v) is 21.8. The lowest BCUT2D eigenvalue weighted by Gasteiger charge is -2.23. The van der Waals surface area contributed by atoms with E-state index in [1.807, 2.05) is 45.9 Å². The summed E-state index contributed by atoms with van der Waals surface area (Å²) in [5.74, 6) is 1.39. The summed E-state index contributed by atoms with van der Waals surface area (Å²) in [6.07, 6.45) is 4.32. The topological polar surface area (TPSA) is 153 Å². The Morgan fingerprint density at radius 2 is 1.92 bits per heavy atom. The normalized spacial score (nSPS) is 15.5. The lowest BCUT2D eigenvalue weighted by atomic mass is 10.1. The Morgan fingerprint density at radius 1 is 1.11 bits per heavy atom. The summed E-state index contributed by atoms with van der Waals surface area (Å²) >= 11 is 0. The van der Waals surface area contributed by atoms with Gasteiger partial charge in [0, 0.05) is 42.1 Å². The summed E-state index contributed by atoms with van der Waals surface area (Å²) in [6, 6.07) is 9.10. The van der Waals surface area contributed by atoms with Crippen molar-refractivity contribution in [3.05, 3.63) is 58.8 Å². The third-order valence-electron chi connectivity index (χ3n) is 5.99. The number of hydrogen-bond donors (Lipinski definition) is 5. The third-order valence-corrected chi connectivity index (χ3v) is 5.99. The molecule has 1 fully saturated rings. The summed E-state index contributed by atoms with van der Waals surface area (Å²) in [4.78, 5) is 42.0. The number of benzene rings is 1. The molecule has 0 aliphatic carbocycles. The van der Waals surface area contributed by atoms with Gasteiger partial charge < -0.3 is 30.6 Å². The second-order valence-corrected chi connectivity index (χ2v) is 10.4. The van der Waals surface area contributed by atoms with Crippen LogP contribution in [0.5, 0.6) is 0 Å². The van der Waals surface area contributed by atoms with Gasteiger partial charge in [0.15, 0.2) is 5.58 Å². The van der Waals surface area contributed by atoms with E-state index in [2.05, 4.69) is 46.1 Å². The molecule has 1 aromatic carbocycles. The molecular weight excluding hydrogens is 486 g/mol. The average molecular weight is 518 g/mol. The third kappa shape index (κ3) is 6.02. The van der Waals surface area contributed by atoms with Crippen LogP contribution in [0.4, 0.5) is 33.8 Å². The van der Waals surface area contributed by atoms with Crippen LogP contribution in [0, 0.1) is 6.92 Å². The predicted molar refractivity (Wildman–Crippen MR) is 146 cm³/mol. The zero-order valence-electron chi connectivity index (χ0n) is 21.8. The molecule has 1 unspecified atom stereocenters. The molecule has 1 aliphatic heterocycles. The van der Waals surface area contributed by atoms with Crippen LogP contribution in [-0.4, -0.2) is 50.6 Å². The monoisotopic (exact) mass is 517 g/mol. The second-order valence-electron chi connectivity index (χ2n) is 10.4. The number of oxazole rings is 1. The predicted octanol–water partition coefficient (Wildman–Crippen LogP) is 3.78. The molecule has 5 N–H and O–H groups in total. The number of nitrogens with one attached hydrogen (secondary N) is 5. The maximum atomic E-state index is 12.2. The van der Waals surface area contributed by atoms with Gasteiger partial charge in [0.2, 0.25) is 5.95 Å². The Balaban J connectivity index is 1.20. The molecule has 38 heavy (non-hydrogen) atoms. The highest BCUT2D eigenvalue weighted by atomic mass is 16.4. The van der Waals surface area contributed by atoms with Crippen molar-refractivity contribution in [1.82, 2.24) is 30.6 Å². The molecule has 12 nitrogen and oxygen atoms in total. The van der Waals surface area contributed by atoms with E-state index in [0.717, 1.165) is 35.7 Å². The van der Waals surface area contributed by atoms with E-state index in [4.69, 9.17) is 4.42 Å². The van der Waals surface area contributed by atoms with Crippen LogP contribution in [0.2, 0.25) is 0 Å². The van der Waals surface area contributed by atoms with Gasteiger partial charge in [-0.05, 0) is 64.4 Å². The first-order valence-corrected chi connectivity index (χ1v) is 12.4. The van der Waals surface area contributed by atoms with Crippen molar-refractivity contribution in [2.24, 2.45) is 0 Å². The molecule has 4 heterocycles. The number of anilines is 5. The number of aromatic amines is 1. The molecule has 0 radical (unpaired) electrons. The average Bonchev–Trinajstić information content (AvgIpc) is 3.45. The van der Waals surface area contributed by atoms with Gasteiger partial charge in [-0.1, -0.05) is 0 Å². The van der Waals surface area contributed by atoms with Crippen LogP contribution >= 0.6 is 0 Å². The van der Waals surface area contributed by atoms with Crippen molar-refractivity contribution < 1.29 is 9.21 Å². The second kappa shape index (κ2) is 10.0. The van der Waals surface area contributed by atoms with Crippen LogP contribution in [0.15, 0.2) is 51.9 Å². The van der Waals surface area contributed by atoms with Crippen LogP contribution in [-0.2, 0) is 0 Å². The summed E-state index contributed by atoms with van der Waals surface area (Å²) in [5, 5.41) is 12.4. The fourth-order valence-corrected chi connectivity index (χ4v) is 4.22. The van der Waals surface area contributed by atoms with Gasteiger partial charge >= 0.3 is 11.8 Å². The molecule has 0 saturated carbocycles. The molecule has 4 aromatic rings. The van der Waals surface area contributed by atoms with Crippen molar-refractivity contribution in [2.75, 3.05) is 28.6 Å². The van der Waals surface area contributed by atoms with Gasteiger partial charge in [-0.25, -0.2) is 19.6 Å². The minimum absolute atomic E-state index is 0.0679. The minimum atomic E-state index is -0.494. The Kier molecular flexibility index (Phi) is 6.62. The first-order valence-electron chi connectivity index (χ1n) is 12.4. The Hall–Kier alpha value is -4.61. The van der Waals surface area contributed by atoms with E-state index < -0.39 is 5.76 Å². The van der Waals surface area contributed by atoms with Crippen molar-refractivity contribution in [3.63, 3.8) is 0 Å². The maximum absolute atomic E-state index is 12.2. The molecule has 2 amide bonds. The SMILES string of the molecule is Cc1cnc(Nc2ccc(N3CCC(NC(=O)NC(C)(C)C)C3)nc2)nc1Nc1ccc2oc(=O)[nH]c2c1. The van der Waals surface area contributed by atoms with E-state index in [1.54, 1.807) is 24.5 Å². The Bertz CT molecular complexity index is 1510. The van der Waals surface area contributed by atoms with Gasteiger partial charge in [0.25, 0.3) is 0 Å². The lowest BCUT2D eigenvalue weighted by Crippen LogP contribution is -2.50. The van der Waals surface area contributed by atoms with E-state index in [-0.39, 0.29) is 17.6 Å². The van der Waals surface area contributed by atoms with Crippen molar-refractivity contribution in [1.29, 1.82) is 0 Å². The number of urea groups is 1. The van der Waals surface area contributed by atoms with Gasteiger partial charge in [-0.3, -0.25) is 4.98 Å². The van der Waals surface area contributed by atoms with E-state index >= 15 is 0 Å². The van der Waals surface area contributed by atoms with Crippen LogP contribution in [0.1, 0.15) is 32.8 Å². The molecule has 5 rings (SSSR count). The number of carbonyl (C=O) groups excluding carboxylic acids is 1. The summed E-state index contributed by atoms with van der Waals surface area (Å²) < 4.78 is 5.06. The largest absolute Gasteiger partial charge is 0.417 e. The minimum Gasteiger partial charge on any atom is -0.408 e. The fraction of sp³-hybridized carbons (Fsp3) is 0.346. The first kappa shape index (κ1) is 25.1. The lowest BCUT2D eigenvalue weighted by molar-refractivity contribution is 0.229. The molecule has 3 aromatic heterocycles. The molecule has 1 aliphatic rings. The van der Waals surface area contributed by atoms with Crippen molar-refractivity contribution in [2.45, 2.75) is 45.7 Å². The highest BCUT2D eigenvalue weighted by Crippen LogP contribution is 2.24. The van der Waals surface area contributed by atoms with Gasteiger partial charge in [-0.2, -0.15) is 4.98 Å². The Morgan fingerprint density at radius 3 is 2.68 bits per heavy atom.